The minimum Gasteiger partial charge on any atom is -0.289 e. The molecule has 2 aromatic rings. The van der Waals surface area contributed by atoms with Gasteiger partial charge in [-0.2, -0.15) is 0 Å². The lowest BCUT2D eigenvalue weighted by molar-refractivity contribution is 0.622. The first-order valence-corrected chi connectivity index (χ1v) is 5.05. The lowest BCUT2D eigenvalue weighted by atomic mass is 10.0. The summed E-state index contributed by atoms with van der Waals surface area (Å²) in [6.45, 7) is 1.69. The Morgan fingerprint density at radius 2 is 1.56 bits per heavy atom. The van der Waals surface area contributed by atoms with Crippen molar-refractivity contribution in [2.75, 3.05) is 0 Å². The van der Waals surface area contributed by atoms with Gasteiger partial charge in [0.05, 0.1) is 0 Å². The minimum atomic E-state index is -0.328. The van der Waals surface area contributed by atoms with Gasteiger partial charge in [0.2, 0.25) is 0 Å². The van der Waals surface area contributed by atoms with Crippen LogP contribution >= 0.6 is 0 Å². The van der Waals surface area contributed by atoms with Crippen molar-refractivity contribution in [2.24, 2.45) is 0 Å². The van der Waals surface area contributed by atoms with Crippen LogP contribution in [0.3, 0.4) is 0 Å². The van der Waals surface area contributed by atoms with Crippen molar-refractivity contribution in [3.63, 3.8) is 0 Å². The van der Waals surface area contributed by atoms with Crippen LogP contribution in [0.15, 0.2) is 53.3 Å². The number of aryl methyl sites for hydroxylation is 1. The van der Waals surface area contributed by atoms with Crippen LogP contribution in [-0.2, 0) is 0 Å². The van der Waals surface area contributed by atoms with E-state index in [0.29, 0.717) is 16.7 Å². The van der Waals surface area contributed by atoms with Gasteiger partial charge in [0.15, 0.2) is 5.43 Å². The predicted molar refractivity (Wildman–Crippen MR) is 62.8 cm³/mol. The Labute approximate surface area is 93.2 Å². The summed E-state index contributed by atoms with van der Waals surface area (Å²) in [5, 5.41) is 0. The van der Waals surface area contributed by atoms with Crippen LogP contribution in [0.5, 0.6) is 0 Å². The highest BCUT2D eigenvalue weighted by Gasteiger charge is 2.08. The molecule has 0 aliphatic heterocycles. The number of halogens is 1. The normalized spacial score (nSPS) is 10.1. The molecule has 0 atom stereocenters. The average molecular weight is 214 g/mol. The minimum absolute atomic E-state index is 0.172. The van der Waals surface area contributed by atoms with Crippen LogP contribution < -0.4 is 5.43 Å². The van der Waals surface area contributed by atoms with Crippen LogP contribution in [-0.4, -0.2) is 0 Å². The SMILES string of the molecule is Cc1cccc(-c2cccccc2=O)c1F. The Bertz CT molecular complexity index is 576. The summed E-state index contributed by atoms with van der Waals surface area (Å²) in [5.74, 6) is -0.328. The molecular weight excluding hydrogens is 203 g/mol. The van der Waals surface area contributed by atoms with Gasteiger partial charge in [-0.1, -0.05) is 42.5 Å². The maximum Gasteiger partial charge on any atom is 0.186 e. The molecule has 0 amide bonds. The Balaban J connectivity index is 2.74. The predicted octanol–water partition coefficient (Wildman–Crippen LogP) is 3.16. The van der Waals surface area contributed by atoms with Gasteiger partial charge in [-0.15, -0.1) is 0 Å². The summed E-state index contributed by atoms with van der Waals surface area (Å²) >= 11 is 0. The Kier molecular flexibility index (Phi) is 2.82. The summed E-state index contributed by atoms with van der Waals surface area (Å²) in [5.41, 5.74) is 1.13. The van der Waals surface area contributed by atoms with Crippen molar-refractivity contribution in [1.82, 2.24) is 0 Å². The summed E-state index contributed by atoms with van der Waals surface area (Å²) in [7, 11) is 0. The van der Waals surface area contributed by atoms with E-state index in [1.165, 1.54) is 6.07 Å². The third kappa shape index (κ3) is 1.87. The van der Waals surface area contributed by atoms with Gasteiger partial charge >= 0.3 is 0 Å². The maximum atomic E-state index is 13.9. The third-order valence-electron chi connectivity index (χ3n) is 2.48. The fourth-order valence-corrected chi connectivity index (χ4v) is 1.61. The molecule has 0 fully saturated rings. The highest BCUT2D eigenvalue weighted by molar-refractivity contribution is 5.64. The van der Waals surface area contributed by atoms with E-state index in [0.717, 1.165) is 0 Å². The van der Waals surface area contributed by atoms with Crippen LogP contribution in [0.2, 0.25) is 0 Å². The second-order valence-electron chi connectivity index (χ2n) is 3.63. The molecule has 0 aliphatic carbocycles. The zero-order chi connectivity index (χ0) is 11.5. The quantitative estimate of drug-likeness (QED) is 0.712. The summed E-state index contributed by atoms with van der Waals surface area (Å²) in [4.78, 5) is 11.7. The Hall–Kier alpha value is -1.96. The maximum absolute atomic E-state index is 13.9. The summed E-state index contributed by atoms with van der Waals surface area (Å²) in [6, 6.07) is 13.3. The molecule has 2 rings (SSSR count). The fourth-order valence-electron chi connectivity index (χ4n) is 1.61. The third-order valence-corrected chi connectivity index (χ3v) is 2.48. The smallest absolute Gasteiger partial charge is 0.186 e. The second kappa shape index (κ2) is 4.27. The molecule has 0 saturated carbocycles. The number of rotatable bonds is 1. The largest absolute Gasteiger partial charge is 0.289 e. The highest BCUT2D eigenvalue weighted by Crippen LogP contribution is 2.21. The van der Waals surface area contributed by atoms with E-state index < -0.39 is 0 Å². The van der Waals surface area contributed by atoms with E-state index >= 15 is 0 Å². The van der Waals surface area contributed by atoms with Gasteiger partial charge < -0.3 is 0 Å². The Morgan fingerprint density at radius 1 is 0.875 bits per heavy atom. The molecule has 2 heteroatoms. The molecule has 0 N–H and O–H groups in total. The number of benzene rings is 1. The van der Waals surface area contributed by atoms with Crippen molar-refractivity contribution in [2.45, 2.75) is 6.92 Å². The van der Waals surface area contributed by atoms with Gasteiger partial charge in [-0.3, -0.25) is 4.79 Å². The monoisotopic (exact) mass is 214 g/mol. The standard InChI is InChI=1S/C14H11FO/c1-10-6-5-8-12(14(10)15)11-7-3-2-4-9-13(11)16/h2-9H,1H3. The molecule has 1 nitrogen and oxygen atoms in total. The second-order valence-corrected chi connectivity index (χ2v) is 3.63. The van der Waals surface area contributed by atoms with Crippen molar-refractivity contribution >= 4 is 0 Å². The molecule has 80 valence electrons. The van der Waals surface area contributed by atoms with Crippen molar-refractivity contribution in [3.05, 3.63) is 70.1 Å². The summed E-state index contributed by atoms with van der Waals surface area (Å²) < 4.78 is 13.9. The van der Waals surface area contributed by atoms with Gasteiger partial charge in [0.1, 0.15) is 5.82 Å². The van der Waals surface area contributed by atoms with Crippen molar-refractivity contribution in [1.29, 1.82) is 0 Å². The molecule has 0 unspecified atom stereocenters. The lowest BCUT2D eigenvalue weighted by Gasteiger charge is -2.02. The molecule has 0 radical (unpaired) electrons. The van der Waals surface area contributed by atoms with Crippen molar-refractivity contribution < 1.29 is 4.39 Å². The van der Waals surface area contributed by atoms with Crippen LogP contribution in [0, 0.1) is 12.7 Å². The van der Waals surface area contributed by atoms with Gasteiger partial charge in [0, 0.05) is 11.1 Å². The molecule has 0 aromatic heterocycles. The van der Waals surface area contributed by atoms with E-state index in [1.807, 2.05) is 0 Å². The van der Waals surface area contributed by atoms with Crippen LogP contribution in [0.25, 0.3) is 11.1 Å². The zero-order valence-electron chi connectivity index (χ0n) is 8.91. The van der Waals surface area contributed by atoms with E-state index in [1.54, 1.807) is 49.4 Å². The van der Waals surface area contributed by atoms with E-state index in [2.05, 4.69) is 0 Å². The number of hydrogen-bond acceptors (Lipinski definition) is 1. The van der Waals surface area contributed by atoms with Gasteiger partial charge in [-0.05, 0) is 18.6 Å². The number of hydrogen-bond donors (Lipinski definition) is 0. The zero-order valence-corrected chi connectivity index (χ0v) is 8.91. The van der Waals surface area contributed by atoms with E-state index in [-0.39, 0.29) is 11.2 Å². The van der Waals surface area contributed by atoms with Gasteiger partial charge in [0.25, 0.3) is 0 Å². The van der Waals surface area contributed by atoms with Crippen LogP contribution in [0.1, 0.15) is 5.56 Å². The van der Waals surface area contributed by atoms with Gasteiger partial charge in [-0.25, -0.2) is 4.39 Å². The highest BCUT2D eigenvalue weighted by atomic mass is 19.1. The first-order chi connectivity index (χ1) is 7.70. The first kappa shape index (κ1) is 10.6. The van der Waals surface area contributed by atoms with E-state index in [4.69, 9.17) is 0 Å². The van der Waals surface area contributed by atoms with E-state index in [9.17, 15) is 9.18 Å². The molecule has 16 heavy (non-hydrogen) atoms. The Morgan fingerprint density at radius 3 is 2.38 bits per heavy atom. The average Bonchev–Trinajstić information content (AvgIpc) is 2.47. The molecule has 0 heterocycles. The van der Waals surface area contributed by atoms with Crippen LogP contribution in [0.4, 0.5) is 4.39 Å². The molecule has 0 spiro atoms. The molecule has 2 aromatic carbocycles. The first-order valence-electron chi connectivity index (χ1n) is 5.05. The topological polar surface area (TPSA) is 17.1 Å². The molecule has 0 aliphatic rings. The molecular formula is C14H11FO. The summed E-state index contributed by atoms with van der Waals surface area (Å²) in [6.07, 6.45) is 0. The molecule has 0 bridgehead atoms. The fraction of sp³-hybridized carbons (Fsp3) is 0.0714. The van der Waals surface area contributed by atoms with Crippen molar-refractivity contribution in [3.8, 4) is 11.1 Å². The molecule has 0 saturated heterocycles. The lowest BCUT2D eigenvalue weighted by Crippen LogP contribution is -2.01.